The molecule has 16 heavy (non-hydrogen) atoms. The van der Waals surface area contributed by atoms with E-state index in [0.29, 0.717) is 12.1 Å². The number of hydrogen-bond acceptors (Lipinski definition) is 2. The molecule has 0 amide bonds. The molecule has 2 unspecified atom stereocenters. The number of nitrogens with zero attached hydrogens (tertiary/aromatic N) is 1. The van der Waals surface area contributed by atoms with E-state index in [4.69, 9.17) is 0 Å². The summed E-state index contributed by atoms with van der Waals surface area (Å²) in [6, 6.07) is 1.23. The summed E-state index contributed by atoms with van der Waals surface area (Å²) in [5, 5.41) is 3.44. The lowest BCUT2D eigenvalue weighted by atomic mass is 10.0. The summed E-state index contributed by atoms with van der Waals surface area (Å²) in [6.07, 6.45) is 1.20. The summed E-state index contributed by atoms with van der Waals surface area (Å²) in [5.74, 6) is 1.49. The molecule has 0 bridgehead atoms. The van der Waals surface area contributed by atoms with E-state index in [1.54, 1.807) is 0 Å². The molecule has 0 aromatic carbocycles. The van der Waals surface area contributed by atoms with Crippen LogP contribution in [0.25, 0.3) is 0 Å². The molecule has 0 aliphatic carbocycles. The zero-order valence-electron chi connectivity index (χ0n) is 12.4. The predicted octanol–water partition coefficient (Wildman–Crippen LogP) is 2.99. The van der Waals surface area contributed by atoms with E-state index < -0.39 is 0 Å². The highest BCUT2D eigenvalue weighted by Gasteiger charge is 2.22. The van der Waals surface area contributed by atoms with Gasteiger partial charge in [-0.05, 0) is 32.2 Å². The quantitative estimate of drug-likeness (QED) is 0.687. The maximum atomic E-state index is 3.44. The van der Waals surface area contributed by atoms with Crippen molar-refractivity contribution in [3.63, 3.8) is 0 Å². The van der Waals surface area contributed by atoms with Gasteiger partial charge in [0.2, 0.25) is 0 Å². The monoisotopic (exact) mass is 228 g/mol. The highest BCUT2D eigenvalue weighted by atomic mass is 15.2. The van der Waals surface area contributed by atoms with Gasteiger partial charge in [-0.1, -0.05) is 34.6 Å². The number of nitrogens with one attached hydrogen (secondary N) is 1. The molecule has 0 rings (SSSR count). The van der Waals surface area contributed by atoms with Crippen molar-refractivity contribution in [2.45, 2.75) is 60.0 Å². The van der Waals surface area contributed by atoms with Crippen LogP contribution >= 0.6 is 0 Å². The lowest BCUT2D eigenvalue weighted by Crippen LogP contribution is -2.49. The fraction of sp³-hybridized carbons (Fsp3) is 1.00. The van der Waals surface area contributed by atoms with Gasteiger partial charge in [0.1, 0.15) is 0 Å². The van der Waals surface area contributed by atoms with Gasteiger partial charge in [0.15, 0.2) is 0 Å². The highest BCUT2D eigenvalue weighted by molar-refractivity contribution is 4.80. The van der Waals surface area contributed by atoms with Crippen LogP contribution in [0.2, 0.25) is 0 Å². The van der Waals surface area contributed by atoms with Crippen LogP contribution in [0.4, 0.5) is 0 Å². The molecule has 0 aliphatic rings. The molecule has 0 spiro atoms. The molecule has 0 aliphatic heterocycles. The fourth-order valence-electron chi connectivity index (χ4n) is 2.39. The van der Waals surface area contributed by atoms with Crippen LogP contribution in [0.5, 0.6) is 0 Å². The van der Waals surface area contributed by atoms with Gasteiger partial charge in [0, 0.05) is 25.2 Å². The summed E-state index contributed by atoms with van der Waals surface area (Å²) in [5.41, 5.74) is 0. The second-order valence-corrected chi connectivity index (χ2v) is 5.79. The smallest absolute Gasteiger partial charge is 0.0221 e. The Morgan fingerprint density at radius 3 is 1.62 bits per heavy atom. The molecular formula is C14H32N2. The van der Waals surface area contributed by atoms with E-state index in [-0.39, 0.29) is 0 Å². The van der Waals surface area contributed by atoms with E-state index in [9.17, 15) is 0 Å². The largest absolute Gasteiger partial charge is 0.315 e. The van der Waals surface area contributed by atoms with Gasteiger partial charge < -0.3 is 5.32 Å². The SMILES string of the molecule is CCC(NC)C(C)N(CC(C)C)CC(C)C. The lowest BCUT2D eigenvalue weighted by Gasteiger charge is -2.36. The standard InChI is InChI=1S/C14H32N2/c1-8-14(15-7)13(6)16(9-11(2)3)10-12(4)5/h11-15H,8-10H2,1-7H3. The van der Waals surface area contributed by atoms with E-state index in [2.05, 4.69) is 58.8 Å². The van der Waals surface area contributed by atoms with Crippen LogP contribution in [0.15, 0.2) is 0 Å². The van der Waals surface area contributed by atoms with Gasteiger partial charge in [-0.25, -0.2) is 0 Å². The molecule has 1 N–H and O–H groups in total. The Morgan fingerprint density at radius 2 is 1.38 bits per heavy atom. The van der Waals surface area contributed by atoms with E-state index in [0.717, 1.165) is 11.8 Å². The van der Waals surface area contributed by atoms with Gasteiger partial charge in [-0.3, -0.25) is 4.90 Å². The lowest BCUT2D eigenvalue weighted by molar-refractivity contribution is 0.136. The molecule has 2 atom stereocenters. The predicted molar refractivity (Wildman–Crippen MR) is 73.8 cm³/mol. The topological polar surface area (TPSA) is 15.3 Å². The van der Waals surface area contributed by atoms with Gasteiger partial charge in [0.25, 0.3) is 0 Å². The van der Waals surface area contributed by atoms with Gasteiger partial charge in [-0.2, -0.15) is 0 Å². The molecule has 0 aromatic rings. The normalized spacial score (nSPS) is 16.1. The minimum atomic E-state index is 0.609. The third-order valence-electron chi connectivity index (χ3n) is 3.17. The third kappa shape index (κ3) is 5.86. The van der Waals surface area contributed by atoms with Crippen molar-refractivity contribution < 1.29 is 0 Å². The summed E-state index contributed by atoms with van der Waals surface area (Å²) < 4.78 is 0. The second kappa shape index (κ2) is 8.08. The minimum absolute atomic E-state index is 0.609. The summed E-state index contributed by atoms with van der Waals surface area (Å²) in [7, 11) is 2.08. The third-order valence-corrected chi connectivity index (χ3v) is 3.17. The molecule has 0 heterocycles. The van der Waals surface area contributed by atoms with Crippen molar-refractivity contribution in [3.05, 3.63) is 0 Å². The average Bonchev–Trinajstić information content (AvgIpc) is 2.17. The fourth-order valence-corrected chi connectivity index (χ4v) is 2.39. The summed E-state index contributed by atoms with van der Waals surface area (Å²) >= 11 is 0. The second-order valence-electron chi connectivity index (χ2n) is 5.79. The van der Waals surface area contributed by atoms with Gasteiger partial charge in [0.05, 0.1) is 0 Å². The first kappa shape index (κ1) is 15.9. The molecule has 0 saturated carbocycles. The van der Waals surface area contributed by atoms with Crippen LogP contribution in [0, 0.1) is 11.8 Å². The van der Waals surface area contributed by atoms with Crippen LogP contribution < -0.4 is 5.32 Å². The van der Waals surface area contributed by atoms with Crippen molar-refractivity contribution in [2.75, 3.05) is 20.1 Å². The van der Waals surface area contributed by atoms with Gasteiger partial charge in [-0.15, -0.1) is 0 Å². The Labute approximate surface area is 103 Å². The van der Waals surface area contributed by atoms with Crippen LogP contribution in [-0.4, -0.2) is 37.1 Å². The van der Waals surface area contributed by atoms with Gasteiger partial charge >= 0.3 is 0 Å². The minimum Gasteiger partial charge on any atom is -0.315 e. The Bertz CT molecular complexity index is 152. The Hall–Kier alpha value is -0.0800. The Balaban J connectivity index is 4.46. The number of likely N-dealkylation sites (N-methyl/N-ethyl adjacent to an activating group) is 1. The molecule has 0 radical (unpaired) electrons. The van der Waals surface area contributed by atoms with Crippen molar-refractivity contribution in [1.29, 1.82) is 0 Å². The van der Waals surface area contributed by atoms with Crippen LogP contribution in [-0.2, 0) is 0 Å². The zero-order chi connectivity index (χ0) is 12.7. The van der Waals surface area contributed by atoms with E-state index in [1.165, 1.54) is 19.5 Å². The number of rotatable bonds is 8. The molecule has 2 heteroatoms. The molecule has 0 saturated heterocycles. The van der Waals surface area contributed by atoms with Crippen molar-refractivity contribution in [1.82, 2.24) is 10.2 Å². The maximum Gasteiger partial charge on any atom is 0.0221 e. The maximum absolute atomic E-state index is 3.44. The molecule has 0 aromatic heterocycles. The molecule has 0 fully saturated rings. The first-order valence-electron chi connectivity index (χ1n) is 6.83. The Kier molecular flexibility index (Phi) is 8.04. The average molecular weight is 228 g/mol. The highest BCUT2D eigenvalue weighted by Crippen LogP contribution is 2.12. The molecule has 98 valence electrons. The van der Waals surface area contributed by atoms with Crippen molar-refractivity contribution in [3.8, 4) is 0 Å². The van der Waals surface area contributed by atoms with E-state index in [1.807, 2.05) is 0 Å². The Morgan fingerprint density at radius 1 is 0.938 bits per heavy atom. The van der Waals surface area contributed by atoms with Crippen LogP contribution in [0.3, 0.4) is 0 Å². The number of hydrogen-bond donors (Lipinski definition) is 1. The first-order chi connectivity index (χ1) is 7.42. The van der Waals surface area contributed by atoms with Crippen LogP contribution in [0.1, 0.15) is 48.0 Å². The summed E-state index contributed by atoms with van der Waals surface area (Å²) in [6.45, 7) is 16.3. The van der Waals surface area contributed by atoms with Crippen molar-refractivity contribution >= 4 is 0 Å². The first-order valence-corrected chi connectivity index (χ1v) is 6.83. The summed E-state index contributed by atoms with van der Waals surface area (Å²) in [4.78, 5) is 2.64. The molecule has 2 nitrogen and oxygen atoms in total. The molecular weight excluding hydrogens is 196 g/mol. The van der Waals surface area contributed by atoms with E-state index >= 15 is 0 Å². The van der Waals surface area contributed by atoms with Crippen molar-refractivity contribution in [2.24, 2.45) is 11.8 Å². The zero-order valence-corrected chi connectivity index (χ0v) is 12.4.